The fourth-order valence-corrected chi connectivity index (χ4v) is 6.84. The van der Waals surface area contributed by atoms with Crippen LogP contribution in [0, 0.1) is 5.82 Å². The topological polar surface area (TPSA) is 148 Å². The minimum Gasteiger partial charge on any atom is -1.00 e. The van der Waals surface area contributed by atoms with Crippen molar-refractivity contribution in [1.82, 2.24) is 0 Å². The van der Waals surface area contributed by atoms with Crippen molar-refractivity contribution in [2.45, 2.75) is 62.7 Å². The maximum absolute atomic E-state index is 14.4. The summed E-state index contributed by atoms with van der Waals surface area (Å²) in [6.45, 7) is 4.01. The van der Waals surface area contributed by atoms with Crippen molar-refractivity contribution in [3.8, 4) is 0 Å². The third-order valence-electron chi connectivity index (χ3n) is 6.85. The number of halogens is 1. The van der Waals surface area contributed by atoms with Crippen LogP contribution in [0.25, 0.3) is 5.76 Å². The van der Waals surface area contributed by atoms with Crippen LogP contribution >= 0.6 is 10.8 Å². The first kappa shape index (κ1) is 31.6. The number of nitrogens with zero attached hydrogens (tertiary/aromatic N) is 1. The first-order chi connectivity index (χ1) is 17.8. The Morgan fingerprint density at radius 3 is 2.33 bits per heavy atom. The number of amidine groups is 1. The summed E-state index contributed by atoms with van der Waals surface area (Å²) < 4.78 is 65.8. The van der Waals surface area contributed by atoms with Crippen molar-refractivity contribution in [3.05, 3.63) is 58.9 Å². The standard InChI is InChI=1S/C26H32FN3O6S2.Na.H/c1-4-6-12-26(13-7-5-2)19-10-8-16(27)14-18(19)23(31)22(24(26)32)25-28-20-11-9-17(29-37(3,33)34)15-21(20)38(35,36)30-25;;/h8-11,14-15,29,31,35-36H,4-7,12-13H2,1-3H3,(H,28,30);;/q;+1;-1. The minimum absolute atomic E-state index is 0. The van der Waals surface area contributed by atoms with Crippen molar-refractivity contribution in [2.75, 3.05) is 16.3 Å². The van der Waals surface area contributed by atoms with E-state index in [0.29, 0.717) is 31.2 Å². The van der Waals surface area contributed by atoms with E-state index in [1.165, 1.54) is 30.3 Å². The Morgan fingerprint density at radius 2 is 1.74 bits per heavy atom. The van der Waals surface area contributed by atoms with Crippen LogP contribution in [0.1, 0.15) is 64.9 Å². The summed E-state index contributed by atoms with van der Waals surface area (Å²) in [5.74, 6) is -1.73. The molecule has 2 aromatic rings. The Kier molecular flexibility index (Phi) is 9.64. The molecule has 0 fully saturated rings. The van der Waals surface area contributed by atoms with Gasteiger partial charge in [0.25, 0.3) is 0 Å². The molecule has 4 rings (SSSR count). The molecule has 5 N–H and O–H groups in total. The Balaban J connectivity index is 0.00000280. The third kappa shape index (κ3) is 6.22. The van der Waals surface area contributed by atoms with Gasteiger partial charge in [0.2, 0.25) is 10.0 Å². The number of nitrogens with one attached hydrogen (secondary N) is 2. The van der Waals surface area contributed by atoms with Crippen LogP contribution in [0.2, 0.25) is 0 Å². The molecule has 0 unspecified atom stereocenters. The molecule has 208 valence electrons. The molecule has 0 radical (unpaired) electrons. The smallest absolute Gasteiger partial charge is 1.00 e. The number of carbonyl (C=O) groups is 1. The van der Waals surface area contributed by atoms with Gasteiger partial charge in [0, 0.05) is 5.56 Å². The number of aliphatic hydroxyl groups is 1. The predicted octanol–water partition coefficient (Wildman–Crippen LogP) is 3.33. The molecule has 0 bridgehead atoms. The zero-order chi connectivity index (χ0) is 27.9. The second kappa shape index (κ2) is 11.9. The SMILES string of the molecule is CCCCC1(CCCC)C(=O)C(C2=NS(O)(O)c3cc(NS(C)(=O)=O)ccc3N2)=C(O)c2cc(F)ccc21.[H-].[Na+]. The van der Waals surface area contributed by atoms with Crippen LogP contribution in [-0.2, 0) is 20.2 Å². The molecule has 1 heterocycles. The zero-order valence-corrected chi connectivity index (χ0v) is 26.0. The van der Waals surface area contributed by atoms with E-state index >= 15 is 0 Å². The van der Waals surface area contributed by atoms with Crippen LogP contribution in [-0.4, -0.2) is 40.5 Å². The molecule has 1 aliphatic carbocycles. The molecule has 0 amide bonds. The third-order valence-corrected chi connectivity index (χ3v) is 8.82. The van der Waals surface area contributed by atoms with Gasteiger partial charge in [0.05, 0.1) is 23.0 Å². The van der Waals surface area contributed by atoms with Crippen molar-refractivity contribution in [1.29, 1.82) is 0 Å². The van der Waals surface area contributed by atoms with Crippen molar-refractivity contribution < 1.29 is 62.8 Å². The molecule has 0 atom stereocenters. The van der Waals surface area contributed by atoms with E-state index in [9.17, 15) is 31.8 Å². The number of ketones is 1. The molecular weight excluding hydrogens is 556 g/mol. The van der Waals surface area contributed by atoms with Gasteiger partial charge in [0.15, 0.2) is 11.6 Å². The zero-order valence-electron chi connectivity index (χ0n) is 23.4. The molecule has 0 saturated heterocycles. The number of hydrogen-bond donors (Lipinski definition) is 5. The van der Waals surface area contributed by atoms with Crippen LogP contribution in [0.5, 0.6) is 0 Å². The maximum atomic E-state index is 14.4. The molecule has 1 aliphatic heterocycles. The Bertz CT molecular complexity index is 1460. The Labute approximate surface area is 253 Å². The monoisotopic (exact) mass is 589 g/mol. The molecule has 0 saturated carbocycles. The van der Waals surface area contributed by atoms with Crippen molar-refractivity contribution >= 4 is 49.6 Å². The van der Waals surface area contributed by atoms with Gasteiger partial charge in [-0.25, -0.2) is 12.8 Å². The van der Waals surface area contributed by atoms with Gasteiger partial charge < -0.3 is 11.8 Å². The number of anilines is 2. The van der Waals surface area contributed by atoms with Crippen LogP contribution in [0.4, 0.5) is 15.8 Å². The largest absolute Gasteiger partial charge is 1.00 e. The molecule has 0 aromatic heterocycles. The fraction of sp³-hybridized carbons (Fsp3) is 0.385. The first-order valence-electron chi connectivity index (χ1n) is 12.4. The van der Waals surface area contributed by atoms with E-state index in [1.807, 2.05) is 13.8 Å². The minimum atomic E-state index is -3.90. The molecule has 13 heteroatoms. The number of Topliss-reactive ketones (excluding diaryl/α,β-unsaturated/α-hetero) is 1. The number of hydrogen-bond acceptors (Lipinski definition) is 8. The molecular formula is C26H33FN3NaO6S2. The van der Waals surface area contributed by atoms with E-state index in [2.05, 4.69) is 14.4 Å². The van der Waals surface area contributed by atoms with Gasteiger partial charge in [-0.15, -0.1) is 4.40 Å². The van der Waals surface area contributed by atoms with Gasteiger partial charge in [-0.2, -0.15) is 0 Å². The summed E-state index contributed by atoms with van der Waals surface area (Å²) in [6.07, 6.45) is 4.98. The van der Waals surface area contributed by atoms with Crippen LogP contribution in [0.3, 0.4) is 0 Å². The number of aliphatic hydroxyl groups excluding tert-OH is 1. The molecule has 2 aliphatic rings. The number of unbranched alkanes of at least 4 members (excludes halogenated alkanes) is 2. The van der Waals surface area contributed by atoms with Crippen LogP contribution in [0.15, 0.2) is 51.3 Å². The van der Waals surface area contributed by atoms with Gasteiger partial charge in [0.1, 0.15) is 22.0 Å². The summed E-state index contributed by atoms with van der Waals surface area (Å²) >= 11 is 0. The Morgan fingerprint density at radius 1 is 1.10 bits per heavy atom. The summed E-state index contributed by atoms with van der Waals surface area (Å²) in [5, 5.41) is 14.2. The van der Waals surface area contributed by atoms with Gasteiger partial charge in [-0.1, -0.05) is 56.4 Å². The predicted molar refractivity (Wildman–Crippen MR) is 150 cm³/mol. The van der Waals surface area contributed by atoms with Gasteiger partial charge in [-0.3, -0.25) is 18.6 Å². The maximum Gasteiger partial charge on any atom is 1.00 e. The normalized spacial score (nSPS) is 18.2. The number of sulfonamides is 1. The average Bonchev–Trinajstić information content (AvgIpc) is 2.83. The molecule has 9 nitrogen and oxygen atoms in total. The average molecular weight is 590 g/mol. The summed E-state index contributed by atoms with van der Waals surface area (Å²) in [6, 6.07) is 8.10. The van der Waals surface area contributed by atoms with Gasteiger partial charge in [-0.05, 0) is 48.7 Å². The van der Waals surface area contributed by atoms with E-state index in [-0.39, 0.29) is 64.2 Å². The van der Waals surface area contributed by atoms with E-state index in [4.69, 9.17) is 0 Å². The second-order valence-corrected chi connectivity index (χ2v) is 13.1. The number of fused-ring (bicyclic) bond motifs is 2. The van der Waals surface area contributed by atoms with Crippen molar-refractivity contribution in [2.24, 2.45) is 4.40 Å². The van der Waals surface area contributed by atoms with Crippen LogP contribution < -0.4 is 39.6 Å². The van der Waals surface area contributed by atoms with Crippen molar-refractivity contribution in [3.63, 3.8) is 0 Å². The number of carbonyl (C=O) groups excluding carboxylic acids is 1. The second-order valence-electron chi connectivity index (χ2n) is 9.70. The molecule has 2 aromatic carbocycles. The van der Waals surface area contributed by atoms with E-state index < -0.39 is 43.6 Å². The summed E-state index contributed by atoms with van der Waals surface area (Å²) in [5.41, 5.74) is -0.282. The Hall–Kier alpha value is -1.93. The fourth-order valence-electron chi connectivity index (χ4n) is 5.10. The van der Waals surface area contributed by atoms with Gasteiger partial charge >= 0.3 is 29.6 Å². The number of benzene rings is 2. The molecule has 0 spiro atoms. The van der Waals surface area contributed by atoms with E-state index in [0.717, 1.165) is 19.1 Å². The summed E-state index contributed by atoms with van der Waals surface area (Å²) in [7, 11) is -7.52. The number of rotatable bonds is 9. The first-order valence-corrected chi connectivity index (χ1v) is 15.8. The summed E-state index contributed by atoms with van der Waals surface area (Å²) in [4.78, 5) is 14.2. The molecule has 39 heavy (non-hydrogen) atoms. The quantitative estimate of drug-likeness (QED) is 0.282. The van der Waals surface area contributed by atoms with E-state index in [1.54, 1.807) is 6.07 Å².